The number of hydrogen-bond donors (Lipinski definition) is 1. The SMILES string of the molecule is COc1ccccc1[C@H](CNc1nn2cc(C)nc2s1)N(C)C. The molecule has 0 aliphatic heterocycles. The molecule has 0 fully saturated rings. The Bertz CT molecular complexity index is 763. The van der Waals surface area contributed by atoms with Gasteiger partial charge in [0, 0.05) is 12.1 Å². The van der Waals surface area contributed by atoms with Gasteiger partial charge in [-0.1, -0.05) is 29.5 Å². The van der Waals surface area contributed by atoms with Crippen LogP contribution in [-0.2, 0) is 0 Å². The summed E-state index contributed by atoms with van der Waals surface area (Å²) in [6, 6.07) is 8.30. The molecule has 0 radical (unpaired) electrons. The Hall–Kier alpha value is -2.12. The van der Waals surface area contributed by atoms with E-state index in [0.29, 0.717) is 0 Å². The molecule has 3 rings (SSSR count). The molecule has 7 heteroatoms. The van der Waals surface area contributed by atoms with Crippen LogP contribution < -0.4 is 10.1 Å². The van der Waals surface area contributed by atoms with E-state index in [2.05, 4.69) is 40.5 Å². The summed E-state index contributed by atoms with van der Waals surface area (Å²) < 4.78 is 7.31. The van der Waals surface area contributed by atoms with Crippen molar-refractivity contribution in [1.82, 2.24) is 19.5 Å². The number of hydrogen-bond acceptors (Lipinski definition) is 6. The predicted molar refractivity (Wildman–Crippen MR) is 93.5 cm³/mol. The van der Waals surface area contributed by atoms with Crippen molar-refractivity contribution in [3.8, 4) is 5.75 Å². The molecule has 3 aromatic rings. The van der Waals surface area contributed by atoms with Crippen molar-refractivity contribution < 1.29 is 4.74 Å². The Kier molecular flexibility index (Phi) is 4.49. The number of nitrogens with one attached hydrogen (secondary N) is 1. The van der Waals surface area contributed by atoms with Crippen LogP contribution in [0.3, 0.4) is 0 Å². The second kappa shape index (κ2) is 6.55. The van der Waals surface area contributed by atoms with Crippen molar-refractivity contribution in [2.75, 3.05) is 33.1 Å². The van der Waals surface area contributed by atoms with Crippen molar-refractivity contribution in [2.24, 2.45) is 0 Å². The van der Waals surface area contributed by atoms with E-state index < -0.39 is 0 Å². The Morgan fingerprint density at radius 3 is 2.83 bits per heavy atom. The summed E-state index contributed by atoms with van der Waals surface area (Å²) in [6.45, 7) is 2.71. The van der Waals surface area contributed by atoms with Crippen molar-refractivity contribution >= 4 is 21.4 Å². The molecule has 0 unspecified atom stereocenters. The molecule has 6 nitrogen and oxygen atoms in total. The molecule has 2 heterocycles. The summed E-state index contributed by atoms with van der Waals surface area (Å²) in [5.41, 5.74) is 2.14. The highest BCUT2D eigenvalue weighted by atomic mass is 32.1. The van der Waals surface area contributed by atoms with Crippen molar-refractivity contribution in [3.05, 3.63) is 41.7 Å². The van der Waals surface area contributed by atoms with Gasteiger partial charge in [-0.25, -0.2) is 9.50 Å². The monoisotopic (exact) mass is 331 g/mol. The first-order chi connectivity index (χ1) is 11.1. The fourth-order valence-corrected chi connectivity index (χ4v) is 3.41. The second-order valence-corrected chi connectivity index (χ2v) is 6.57. The van der Waals surface area contributed by atoms with Crippen LogP contribution in [0.2, 0.25) is 0 Å². The molecule has 0 amide bonds. The van der Waals surface area contributed by atoms with Gasteiger partial charge >= 0.3 is 0 Å². The number of para-hydroxylation sites is 1. The molecule has 122 valence electrons. The highest BCUT2D eigenvalue weighted by molar-refractivity contribution is 7.20. The summed E-state index contributed by atoms with van der Waals surface area (Å²) >= 11 is 1.56. The maximum absolute atomic E-state index is 5.50. The van der Waals surface area contributed by atoms with Crippen LogP contribution >= 0.6 is 11.3 Å². The molecular weight excluding hydrogens is 310 g/mol. The average molecular weight is 331 g/mol. The topological polar surface area (TPSA) is 54.7 Å². The van der Waals surface area contributed by atoms with E-state index >= 15 is 0 Å². The fraction of sp³-hybridized carbons (Fsp3) is 0.375. The molecular formula is C16H21N5OS. The van der Waals surface area contributed by atoms with Gasteiger partial charge in [-0.05, 0) is 27.1 Å². The third-order valence-corrected chi connectivity index (χ3v) is 4.61. The molecule has 1 aromatic carbocycles. The van der Waals surface area contributed by atoms with E-state index in [1.807, 2.05) is 35.8 Å². The van der Waals surface area contributed by atoms with E-state index in [9.17, 15) is 0 Å². The number of aromatic nitrogens is 3. The summed E-state index contributed by atoms with van der Waals surface area (Å²) in [5, 5.41) is 8.80. The second-order valence-electron chi connectivity index (χ2n) is 5.62. The Morgan fingerprint density at radius 2 is 2.13 bits per heavy atom. The zero-order valence-corrected chi connectivity index (χ0v) is 14.6. The van der Waals surface area contributed by atoms with Gasteiger partial charge in [0.2, 0.25) is 10.1 Å². The van der Waals surface area contributed by atoms with Gasteiger partial charge in [0.05, 0.1) is 25.0 Å². The smallest absolute Gasteiger partial charge is 0.214 e. The van der Waals surface area contributed by atoms with E-state index in [1.165, 1.54) is 0 Å². The minimum Gasteiger partial charge on any atom is -0.496 e. The predicted octanol–water partition coefficient (Wildman–Crippen LogP) is 2.82. The van der Waals surface area contributed by atoms with Crippen LogP contribution in [0.4, 0.5) is 5.13 Å². The largest absolute Gasteiger partial charge is 0.496 e. The Morgan fingerprint density at radius 1 is 1.35 bits per heavy atom. The van der Waals surface area contributed by atoms with Crippen LogP contribution in [0.15, 0.2) is 30.5 Å². The summed E-state index contributed by atoms with van der Waals surface area (Å²) in [5.74, 6) is 0.901. The molecule has 2 aromatic heterocycles. The van der Waals surface area contributed by atoms with Gasteiger partial charge in [-0.15, -0.1) is 5.10 Å². The number of methoxy groups -OCH3 is 1. The van der Waals surface area contributed by atoms with Crippen LogP contribution in [-0.4, -0.2) is 47.2 Å². The number of ether oxygens (including phenoxy) is 1. The standard InChI is InChI=1S/C16H21N5OS/c1-11-10-21-16(18-11)23-15(19-21)17-9-13(20(2)3)12-7-5-6-8-14(12)22-4/h5-8,10,13H,9H2,1-4H3,(H,17,19)/t13-/m0/s1. The van der Waals surface area contributed by atoms with Gasteiger partial charge in [-0.2, -0.15) is 0 Å². The van der Waals surface area contributed by atoms with E-state index in [0.717, 1.165) is 33.6 Å². The van der Waals surface area contributed by atoms with Crippen molar-refractivity contribution in [1.29, 1.82) is 0 Å². The number of anilines is 1. The number of fused-ring (bicyclic) bond motifs is 1. The highest BCUT2D eigenvalue weighted by Crippen LogP contribution is 2.28. The quantitative estimate of drug-likeness (QED) is 0.753. The first kappa shape index (κ1) is 15.8. The van der Waals surface area contributed by atoms with Crippen LogP contribution in [0, 0.1) is 6.92 Å². The third kappa shape index (κ3) is 3.30. The average Bonchev–Trinajstić information content (AvgIpc) is 3.04. The van der Waals surface area contributed by atoms with Gasteiger partial charge in [0.1, 0.15) is 5.75 Å². The molecule has 1 N–H and O–H groups in total. The number of aryl methyl sites for hydroxylation is 1. The van der Waals surface area contributed by atoms with E-state index in [1.54, 1.807) is 18.4 Å². The van der Waals surface area contributed by atoms with Gasteiger partial charge in [0.15, 0.2) is 0 Å². The molecule has 0 bridgehead atoms. The van der Waals surface area contributed by atoms with Crippen LogP contribution in [0.5, 0.6) is 5.75 Å². The number of rotatable bonds is 6. The molecule has 0 aliphatic rings. The lowest BCUT2D eigenvalue weighted by molar-refractivity contribution is 0.300. The van der Waals surface area contributed by atoms with Gasteiger partial charge in [-0.3, -0.25) is 0 Å². The Balaban J connectivity index is 1.78. The van der Waals surface area contributed by atoms with Crippen molar-refractivity contribution in [2.45, 2.75) is 13.0 Å². The minimum absolute atomic E-state index is 0.184. The molecule has 0 aliphatic carbocycles. The highest BCUT2D eigenvalue weighted by Gasteiger charge is 2.18. The zero-order valence-electron chi connectivity index (χ0n) is 13.8. The molecule has 23 heavy (non-hydrogen) atoms. The number of benzene rings is 1. The van der Waals surface area contributed by atoms with Crippen LogP contribution in [0.1, 0.15) is 17.3 Å². The lowest BCUT2D eigenvalue weighted by atomic mass is 10.0. The van der Waals surface area contributed by atoms with Gasteiger partial charge < -0.3 is 15.0 Å². The summed E-state index contributed by atoms with van der Waals surface area (Å²) in [4.78, 5) is 7.51. The number of imidazole rings is 1. The number of nitrogens with zero attached hydrogens (tertiary/aromatic N) is 4. The lowest BCUT2D eigenvalue weighted by Gasteiger charge is -2.26. The summed E-state index contributed by atoms with van der Waals surface area (Å²) in [6.07, 6.45) is 1.93. The summed E-state index contributed by atoms with van der Waals surface area (Å²) in [7, 11) is 5.84. The number of likely N-dealkylation sites (N-methyl/N-ethyl adjacent to an activating group) is 1. The normalized spacial score (nSPS) is 12.7. The van der Waals surface area contributed by atoms with Crippen LogP contribution in [0.25, 0.3) is 4.96 Å². The maximum Gasteiger partial charge on any atom is 0.214 e. The van der Waals surface area contributed by atoms with Gasteiger partial charge in [0.25, 0.3) is 0 Å². The first-order valence-corrected chi connectivity index (χ1v) is 8.26. The molecule has 0 saturated heterocycles. The van der Waals surface area contributed by atoms with E-state index in [4.69, 9.17) is 4.74 Å². The van der Waals surface area contributed by atoms with E-state index in [-0.39, 0.29) is 6.04 Å². The minimum atomic E-state index is 0.184. The molecule has 1 atom stereocenters. The zero-order chi connectivity index (χ0) is 16.4. The first-order valence-electron chi connectivity index (χ1n) is 7.44. The molecule has 0 saturated carbocycles. The van der Waals surface area contributed by atoms with Crippen molar-refractivity contribution in [3.63, 3.8) is 0 Å². The molecule has 0 spiro atoms. The fourth-order valence-electron chi connectivity index (χ4n) is 2.58. The Labute approximate surface area is 139 Å². The third-order valence-electron chi connectivity index (χ3n) is 3.73. The lowest BCUT2D eigenvalue weighted by Crippen LogP contribution is -2.27. The maximum atomic E-state index is 5.50.